The van der Waals surface area contributed by atoms with Crippen molar-refractivity contribution in [1.82, 2.24) is 30.2 Å². The number of aromatic amines is 1. The van der Waals surface area contributed by atoms with Gasteiger partial charge in [-0.05, 0) is 61.8 Å². The number of aryl methyl sites for hydroxylation is 1. The molecule has 3 heterocycles. The molecule has 0 unspecified atom stereocenters. The number of nitrogens with one attached hydrogen (secondary N) is 3. The van der Waals surface area contributed by atoms with E-state index in [0.717, 1.165) is 50.2 Å². The quantitative estimate of drug-likeness (QED) is 0.449. The molecule has 0 aliphatic heterocycles. The predicted octanol–water partition coefficient (Wildman–Crippen LogP) is 4.77. The molecule has 0 saturated heterocycles. The van der Waals surface area contributed by atoms with Crippen molar-refractivity contribution in [2.24, 2.45) is 0 Å². The number of aromatic nitrogens is 4. The van der Waals surface area contributed by atoms with Gasteiger partial charge in [0, 0.05) is 50.0 Å². The van der Waals surface area contributed by atoms with Crippen LogP contribution in [0.1, 0.15) is 68.0 Å². The van der Waals surface area contributed by atoms with Crippen LogP contribution in [0.2, 0.25) is 0 Å². The molecule has 2 amide bonds. The number of carbonyl (C=O) groups is 1. The van der Waals surface area contributed by atoms with E-state index in [1.54, 1.807) is 12.4 Å². The van der Waals surface area contributed by atoms with E-state index in [0.29, 0.717) is 17.9 Å². The van der Waals surface area contributed by atoms with Gasteiger partial charge in [-0.1, -0.05) is 26.0 Å². The smallest absolute Gasteiger partial charge is 0.321 e. The predicted molar refractivity (Wildman–Crippen MR) is 133 cm³/mol. The lowest BCUT2D eigenvalue weighted by Crippen LogP contribution is -2.45. The van der Waals surface area contributed by atoms with Crippen LogP contribution in [0.4, 0.5) is 10.7 Å². The molecule has 1 saturated carbocycles. The van der Waals surface area contributed by atoms with Crippen LogP contribution < -0.4 is 10.6 Å². The molecular weight excluding hydrogens is 426 g/mol. The third kappa shape index (κ3) is 6.20. The number of hydrogen-bond donors (Lipinski definition) is 3. The minimum Gasteiger partial charge on any atom is -0.335 e. The lowest BCUT2D eigenvalue weighted by Gasteiger charge is -2.37. The van der Waals surface area contributed by atoms with Crippen molar-refractivity contribution >= 4 is 12.0 Å². The number of urea groups is 1. The van der Waals surface area contributed by atoms with Crippen LogP contribution >= 0.6 is 0 Å². The van der Waals surface area contributed by atoms with E-state index in [1.165, 1.54) is 11.1 Å². The standard InChI is InChI=1S/C26H35N7O/c1-18(2)22-7-5-13-28-24(22)17-33(16-23-19(3)6-4-12-27-23)21-10-8-20(9-11-21)31-26(34)32-25-29-14-15-30-25/h4-7,12-15,18,20-21H,8-11,16-17H2,1-3H3,(H3,29,30,31,32,34). The van der Waals surface area contributed by atoms with E-state index in [1.807, 2.05) is 24.5 Å². The number of amides is 2. The Morgan fingerprint density at radius 3 is 2.41 bits per heavy atom. The molecule has 0 atom stereocenters. The zero-order chi connectivity index (χ0) is 23.9. The summed E-state index contributed by atoms with van der Waals surface area (Å²) in [7, 11) is 0. The Balaban J connectivity index is 1.43. The fourth-order valence-corrected chi connectivity index (χ4v) is 4.74. The van der Waals surface area contributed by atoms with Gasteiger partial charge in [-0.2, -0.15) is 0 Å². The Morgan fingerprint density at radius 1 is 1.03 bits per heavy atom. The zero-order valence-corrected chi connectivity index (χ0v) is 20.3. The second kappa shape index (κ2) is 11.2. The molecule has 180 valence electrons. The molecule has 0 radical (unpaired) electrons. The SMILES string of the molecule is Cc1cccnc1CN(Cc1ncccc1C(C)C)C1CCC(NC(=O)Nc2ncc[nH]2)CC1. The highest BCUT2D eigenvalue weighted by Crippen LogP contribution is 2.28. The monoisotopic (exact) mass is 461 g/mol. The minimum atomic E-state index is -0.213. The van der Waals surface area contributed by atoms with Crippen molar-refractivity contribution < 1.29 is 4.79 Å². The molecule has 1 aliphatic rings. The maximum absolute atomic E-state index is 12.3. The molecule has 3 N–H and O–H groups in total. The summed E-state index contributed by atoms with van der Waals surface area (Å²) in [5, 5.41) is 5.84. The highest BCUT2D eigenvalue weighted by Gasteiger charge is 2.28. The Labute approximate surface area is 201 Å². The molecule has 0 bridgehead atoms. The summed E-state index contributed by atoms with van der Waals surface area (Å²) in [6.45, 7) is 8.16. The molecule has 8 nitrogen and oxygen atoms in total. The fourth-order valence-electron chi connectivity index (χ4n) is 4.74. The summed E-state index contributed by atoms with van der Waals surface area (Å²) in [5.74, 6) is 0.883. The van der Waals surface area contributed by atoms with Crippen molar-refractivity contribution in [3.63, 3.8) is 0 Å². The van der Waals surface area contributed by atoms with Gasteiger partial charge in [0.1, 0.15) is 0 Å². The number of nitrogens with zero attached hydrogens (tertiary/aromatic N) is 4. The number of anilines is 1. The molecule has 3 aromatic rings. The normalized spacial score (nSPS) is 18.3. The molecule has 8 heteroatoms. The molecule has 1 fully saturated rings. The third-order valence-electron chi connectivity index (χ3n) is 6.65. The third-order valence-corrected chi connectivity index (χ3v) is 6.65. The van der Waals surface area contributed by atoms with E-state index in [-0.39, 0.29) is 12.1 Å². The molecule has 0 spiro atoms. The van der Waals surface area contributed by atoms with E-state index < -0.39 is 0 Å². The fraction of sp³-hybridized carbons (Fsp3) is 0.462. The Hall–Kier alpha value is -3.26. The first kappa shape index (κ1) is 23.9. The average molecular weight is 462 g/mol. The van der Waals surface area contributed by atoms with Gasteiger partial charge in [0.2, 0.25) is 5.95 Å². The number of imidazole rings is 1. The first-order valence-corrected chi connectivity index (χ1v) is 12.1. The number of hydrogen-bond acceptors (Lipinski definition) is 5. The highest BCUT2D eigenvalue weighted by molar-refractivity contribution is 5.87. The zero-order valence-electron chi connectivity index (χ0n) is 20.3. The van der Waals surface area contributed by atoms with Gasteiger partial charge >= 0.3 is 6.03 Å². The van der Waals surface area contributed by atoms with Gasteiger partial charge < -0.3 is 10.3 Å². The van der Waals surface area contributed by atoms with Gasteiger partial charge in [0.05, 0.1) is 11.4 Å². The summed E-state index contributed by atoms with van der Waals surface area (Å²) >= 11 is 0. The van der Waals surface area contributed by atoms with Crippen LogP contribution in [-0.2, 0) is 13.1 Å². The molecule has 4 rings (SSSR count). The first-order chi connectivity index (χ1) is 16.5. The molecule has 3 aromatic heterocycles. The van der Waals surface area contributed by atoms with Crippen LogP contribution in [0, 0.1) is 6.92 Å². The summed E-state index contributed by atoms with van der Waals surface area (Å²) in [6.07, 6.45) is 11.0. The van der Waals surface area contributed by atoms with Crippen molar-refractivity contribution in [1.29, 1.82) is 0 Å². The van der Waals surface area contributed by atoms with Crippen LogP contribution in [-0.4, -0.2) is 43.0 Å². The van der Waals surface area contributed by atoms with E-state index >= 15 is 0 Å². The van der Waals surface area contributed by atoms with Gasteiger partial charge in [-0.25, -0.2) is 9.78 Å². The number of carbonyl (C=O) groups excluding carboxylic acids is 1. The van der Waals surface area contributed by atoms with Gasteiger partial charge in [-0.3, -0.25) is 20.2 Å². The first-order valence-electron chi connectivity index (χ1n) is 12.1. The van der Waals surface area contributed by atoms with Crippen LogP contribution in [0.3, 0.4) is 0 Å². The van der Waals surface area contributed by atoms with E-state index in [9.17, 15) is 4.79 Å². The summed E-state index contributed by atoms with van der Waals surface area (Å²) < 4.78 is 0. The van der Waals surface area contributed by atoms with Crippen molar-refractivity contribution in [3.05, 3.63) is 71.6 Å². The second-order valence-electron chi connectivity index (χ2n) is 9.41. The largest absolute Gasteiger partial charge is 0.335 e. The Bertz CT molecular complexity index is 1060. The van der Waals surface area contributed by atoms with Crippen LogP contribution in [0.5, 0.6) is 0 Å². The van der Waals surface area contributed by atoms with Crippen molar-refractivity contribution in [2.45, 2.75) is 77.5 Å². The Morgan fingerprint density at radius 2 is 1.74 bits per heavy atom. The highest BCUT2D eigenvalue weighted by atomic mass is 16.2. The summed E-state index contributed by atoms with van der Waals surface area (Å²) in [4.78, 5) is 31.2. The number of pyridine rings is 2. The van der Waals surface area contributed by atoms with Crippen molar-refractivity contribution in [2.75, 3.05) is 5.32 Å². The van der Waals surface area contributed by atoms with E-state index in [2.05, 4.69) is 63.4 Å². The molecule has 34 heavy (non-hydrogen) atoms. The van der Waals surface area contributed by atoms with E-state index in [4.69, 9.17) is 4.98 Å². The van der Waals surface area contributed by atoms with Crippen LogP contribution in [0.15, 0.2) is 49.1 Å². The number of rotatable bonds is 8. The Kier molecular flexibility index (Phi) is 7.90. The van der Waals surface area contributed by atoms with Crippen molar-refractivity contribution in [3.8, 4) is 0 Å². The topological polar surface area (TPSA) is 98.8 Å². The number of H-pyrrole nitrogens is 1. The lowest BCUT2D eigenvalue weighted by atomic mass is 9.89. The summed E-state index contributed by atoms with van der Waals surface area (Å²) in [5.41, 5.74) is 4.77. The average Bonchev–Trinajstić information content (AvgIpc) is 3.33. The van der Waals surface area contributed by atoms with Gasteiger partial charge in [-0.15, -0.1) is 0 Å². The lowest BCUT2D eigenvalue weighted by molar-refractivity contribution is 0.126. The second-order valence-corrected chi connectivity index (χ2v) is 9.41. The maximum atomic E-state index is 12.3. The molecule has 1 aliphatic carbocycles. The van der Waals surface area contributed by atoms with Gasteiger partial charge in [0.25, 0.3) is 0 Å². The molecule has 0 aromatic carbocycles. The van der Waals surface area contributed by atoms with Crippen LogP contribution in [0.25, 0.3) is 0 Å². The molecular formula is C26H35N7O. The maximum Gasteiger partial charge on any atom is 0.321 e. The minimum absolute atomic E-state index is 0.158. The summed E-state index contributed by atoms with van der Waals surface area (Å²) in [6, 6.07) is 8.68. The van der Waals surface area contributed by atoms with Gasteiger partial charge in [0.15, 0.2) is 0 Å².